The van der Waals surface area contributed by atoms with Crippen LogP contribution in [0, 0.1) is 0 Å². The Balaban J connectivity index is 0. The van der Waals surface area contributed by atoms with E-state index in [0.717, 1.165) is 5.56 Å². The van der Waals surface area contributed by atoms with E-state index in [1.165, 1.54) is 0 Å². The predicted octanol–water partition coefficient (Wildman–Crippen LogP) is -1.97. The van der Waals surface area contributed by atoms with E-state index in [4.69, 9.17) is 4.74 Å². The molecule has 0 heterocycles. The third-order valence-electron chi connectivity index (χ3n) is 2.01. The molecule has 0 saturated heterocycles. The zero-order chi connectivity index (χ0) is 11.1. The van der Waals surface area contributed by atoms with Crippen LogP contribution in [0.3, 0.4) is 0 Å². The van der Waals surface area contributed by atoms with Crippen LogP contribution in [0.4, 0.5) is 0 Å². The lowest BCUT2D eigenvalue weighted by Crippen LogP contribution is -3.00. The van der Waals surface area contributed by atoms with Crippen molar-refractivity contribution in [2.75, 3.05) is 0 Å². The van der Waals surface area contributed by atoms with Crippen LogP contribution in [0.15, 0.2) is 43.0 Å². The molecule has 96 valence electrons. The van der Waals surface area contributed by atoms with Crippen molar-refractivity contribution in [2.24, 2.45) is 0 Å². The molecule has 5 heteroatoms. The molecule has 3 nitrogen and oxygen atoms in total. The van der Waals surface area contributed by atoms with Gasteiger partial charge in [-0.05, 0) is 5.56 Å². The lowest BCUT2D eigenvalue weighted by atomic mass is 10.2. The number of carbonyl (C=O) groups is 1. The minimum atomic E-state index is -0.355. The third-order valence-corrected chi connectivity index (χ3v) is 2.01. The topological polar surface area (TPSA) is 53.9 Å². The van der Waals surface area contributed by atoms with Gasteiger partial charge in [-0.3, -0.25) is 0 Å². The van der Waals surface area contributed by atoms with Crippen molar-refractivity contribution in [1.29, 1.82) is 0 Å². The lowest BCUT2D eigenvalue weighted by Gasteiger charge is -2.06. The molecule has 1 aromatic carbocycles. The Labute approximate surface area is 115 Å². The maximum Gasteiger partial charge on any atom is 0.365 e. The molecule has 0 radical (unpaired) electrons. The molecular formula is C12H18ClNO2S. The Hall–Kier alpha value is -0.970. The molecule has 17 heavy (non-hydrogen) atoms. The third kappa shape index (κ3) is 7.05. The van der Waals surface area contributed by atoms with E-state index in [1.807, 2.05) is 30.3 Å². The molecule has 1 rings (SSSR count). The highest BCUT2D eigenvalue weighted by Crippen LogP contribution is 2.01. The van der Waals surface area contributed by atoms with Crippen LogP contribution in [0.2, 0.25) is 0 Å². The van der Waals surface area contributed by atoms with Gasteiger partial charge in [0.25, 0.3) is 0 Å². The Bertz CT molecular complexity index is 333. The molecule has 0 fully saturated rings. The number of ether oxygens (including phenoxy) is 1. The van der Waals surface area contributed by atoms with E-state index >= 15 is 0 Å². The van der Waals surface area contributed by atoms with Crippen LogP contribution in [-0.4, -0.2) is 12.0 Å². The molecular weight excluding hydrogens is 258 g/mol. The van der Waals surface area contributed by atoms with Gasteiger partial charge in [0.05, 0.1) is 0 Å². The summed E-state index contributed by atoms with van der Waals surface area (Å²) in [7, 11) is 0. The van der Waals surface area contributed by atoms with Gasteiger partial charge < -0.3 is 22.9 Å². The van der Waals surface area contributed by atoms with Crippen LogP contribution >= 0.6 is 13.5 Å². The van der Waals surface area contributed by atoms with Crippen molar-refractivity contribution in [3.8, 4) is 0 Å². The molecule has 0 aliphatic rings. The number of esters is 1. The highest BCUT2D eigenvalue weighted by molar-refractivity contribution is 7.59. The average molecular weight is 276 g/mol. The lowest BCUT2D eigenvalue weighted by molar-refractivity contribution is -0.407. The Morgan fingerprint density at radius 1 is 1.41 bits per heavy atom. The number of carbonyl (C=O) groups excluding carboxylic acids is 1. The number of quaternary nitrogens is 1. The Morgan fingerprint density at radius 2 is 2.00 bits per heavy atom. The van der Waals surface area contributed by atoms with E-state index in [1.54, 1.807) is 6.08 Å². The van der Waals surface area contributed by atoms with Gasteiger partial charge in [-0.25, -0.2) is 4.79 Å². The van der Waals surface area contributed by atoms with Crippen molar-refractivity contribution >= 4 is 19.5 Å². The fraction of sp³-hybridized carbons (Fsp3) is 0.250. The number of rotatable bonds is 5. The summed E-state index contributed by atoms with van der Waals surface area (Å²) < 4.78 is 5.09. The summed E-state index contributed by atoms with van der Waals surface area (Å²) in [6, 6.07) is 9.22. The first-order valence-electron chi connectivity index (χ1n) is 4.88. The van der Waals surface area contributed by atoms with Crippen LogP contribution in [0.5, 0.6) is 0 Å². The normalized spacial score (nSPS) is 10.4. The standard InChI is InChI=1S/C12H15NO2.ClH.H2S/c1-2-6-11(13)12(14)15-9-10-7-4-3-5-8-10;;/h2-5,7-8,11H,1,6,9,13H2;1H;1H2/t11-;;/m0../s1. The van der Waals surface area contributed by atoms with Gasteiger partial charge >= 0.3 is 5.97 Å². The average Bonchev–Trinajstić information content (AvgIpc) is 2.27. The molecule has 0 amide bonds. The molecule has 3 N–H and O–H groups in total. The van der Waals surface area contributed by atoms with Gasteiger partial charge in [-0.1, -0.05) is 36.4 Å². The quantitative estimate of drug-likeness (QED) is 0.501. The zero-order valence-electron chi connectivity index (χ0n) is 9.56. The fourth-order valence-electron chi connectivity index (χ4n) is 1.14. The largest absolute Gasteiger partial charge is 1.00 e. The van der Waals surface area contributed by atoms with Gasteiger partial charge in [-0.2, -0.15) is 13.5 Å². The minimum Gasteiger partial charge on any atom is -1.00 e. The Kier molecular flexibility index (Phi) is 11.0. The maximum atomic E-state index is 11.4. The maximum absolute atomic E-state index is 11.4. The van der Waals surface area contributed by atoms with Gasteiger partial charge in [0.1, 0.15) is 6.61 Å². The van der Waals surface area contributed by atoms with Gasteiger partial charge in [0, 0.05) is 6.42 Å². The first-order valence-corrected chi connectivity index (χ1v) is 4.88. The second-order valence-electron chi connectivity index (χ2n) is 3.31. The molecule has 0 aliphatic carbocycles. The second-order valence-corrected chi connectivity index (χ2v) is 3.31. The SMILES string of the molecule is C=CC[C@H]([NH3+])C(=O)OCc1ccccc1.S.[Cl-]. The first-order chi connectivity index (χ1) is 7.24. The summed E-state index contributed by atoms with van der Waals surface area (Å²) in [5.74, 6) is -0.279. The van der Waals surface area contributed by atoms with Crippen molar-refractivity contribution in [3.63, 3.8) is 0 Å². The van der Waals surface area contributed by atoms with E-state index in [9.17, 15) is 4.79 Å². The predicted molar refractivity (Wildman–Crippen MR) is 68.1 cm³/mol. The summed E-state index contributed by atoms with van der Waals surface area (Å²) in [4.78, 5) is 11.4. The number of halogens is 1. The van der Waals surface area contributed by atoms with E-state index < -0.39 is 0 Å². The van der Waals surface area contributed by atoms with Crippen molar-refractivity contribution in [2.45, 2.75) is 19.1 Å². The molecule has 0 aromatic heterocycles. The summed E-state index contributed by atoms with van der Waals surface area (Å²) in [6.07, 6.45) is 2.22. The van der Waals surface area contributed by atoms with Crippen LogP contribution in [-0.2, 0) is 16.1 Å². The molecule has 0 aliphatic heterocycles. The molecule has 0 unspecified atom stereocenters. The monoisotopic (exact) mass is 275 g/mol. The van der Waals surface area contributed by atoms with E-state index in [-0.39, 0.29) is 37.9 Å². The molecule has 0 spiro atoms. The number of benzene rings is 1. The summed E-state index contributed by atoms with van der Waals surface area (Å²) in [5, 5.41) is 0. The van der Waals surface area contributed by atoms with Crippen molar-refractivity contribution in [1.82, 2.24) is 0 Å². The molecule has 0 saturated carbocycles. The van der Waals surface area contributed by atoms with Gasteiger partial charge in [-0.15, -0.1) is 6.58 Å². The van der Waals surface area contributed by atoms with Gasteiger partial charge in [0.2, 0.25) is 0 Å². The molecule has 0 bridgehead atoms. The van der Waals surface area contributed by atoms with E-state index in [0.29, 0.717) is 13.0 Å². The smallest absolute Gasteiger partial charge is 0.365 e. The summed E-state index contributed by atoms with van der Waals surface area (Å²) in [6.45, 7) is 3.86. The fourth-order valence-corrected chi connectivity index (χ4v) is 1.14. The van der Waals surface area contributed by atoms with Crippen LogP contribution in [0.1, 0.15) is 12.0 Å². The van der Waals surface area contributed by atoms with E-state index in [2.05, 4.69) is 12.3 Å². The molecule has 1 atom stereocenters. The van der Waals surface area contributed by atoms with Crippen LogP contribution in [0.25, 0.3) is 0 Å². The summed E-state index contributed by atoms with van der Waals surface area (Å²) in [5.41, 5.74) is 4.68. The highest BCUT2D eigenvalue weighted by atomic mass is 35.5. The number of hydrogen-bond acceptors (Lipinski definition) is 2. The summed E-state index contributed by atoms with van der Waals surface area (Å²) >= 11 is 0. The van der Waals surface area contributed by atoms with Crippen molar-refractivity contribution < 1.29 is 27.7 Å². The highest BCUT2D eigenvalue weighted by Gasteiger charge is 2.16. The Morgan fingerprint density at radius 3 is 2.53 bits per heavy atom. The van der Waals surface area contributed by atoms with Gasteiger partial charge in [0.15, 0.2) is 6.04 Å². The van der Waals surface area contributed by atoms with Crippen LogP contribution < -0.4 is 18.1 Å². The minimum absolute atomic E-state index is 0. The molecule has 1 aromatic rings. The first kappa shape index (κ1) is 18.4. The van der Waals surface area contributed by atoms with Crippen molar-refractivity contribution in [3.05, 3.63) is 48.6 Å². The number of hydrogen-bond donors (Lipinski definition) is 1. The zero-order valence-corrected chi connectivity index (χ0v) is 11.3. The second kappa shape index (κ2) is 10.2.